The predicted molar refractivity (Wildman–Crippen MR) is 107 cm³/mol. The molecule has 1 aliphatic rings. The molecule has 11 heteroatoms. The molecule has 1 aliphatic heterocycles. The van der Waals surface area contributed by atoms with Gasteiger partial charge in [-0.2, -0.15) is 0 Å². The van der Waals surface area contributed by atoms with Crippen LogP contribution in [0.3, 0.4) is 0 Å². The highest BCUT2D eigenvalue weighted by molar-refractivity contribution is 6.01. The molecular weight excluding hydrogens is 424 g/mol. The monoisotopic (exact) mass is 443 g/mol. The van der Waals surface area contributed by atoms with Crippen molar-refractivity contribution in [2.45, 2.75) is 32.9 Å². The van der Waals surface area contributed by atoms with E-state index in [-0.39, 0.29) is 37.2 Å². The zero-order chi connectivity index (χ0) is 22.7. The lowest BCUT2D eigenvalue weighted by atomic mass is 10.1. The van der Waals surface area contributed by atoms with Crippen molar-refractivity contribution < 1.29 is 27.6 Å². The number of fused-ring (bicyclic) bond motifs is 1. The minimum Gasteiger partial charge on any atom is -0.471 e. The molecule has 3 aromatic heterocycles. The summed E-state index contributed by atoms with van der Waals surface area (Å²) in [7, 11) is 0. The standard InChI is InChI=1S/C21H19F2N5O4/c1-12-6-13(8-25-20(12)31-11-17(22)23)9-28-10-16-15(21(28)30)3-4-24-19(16)27-18(29)7-14-2-5-26-32-14/h2-6,8,17H,7,9-11H2,1H3,(H,24,27,29). The predicted octanol–water partition coefficient (Wildman–Crippen LogP) is 2.75. The second kappa shape index (κ2) is 9.08. The zero-order valence-electron chi connectivity index (χ0n) is 17.0. The summed E-state index contributed by atoms with van der Waals surface area (Å²) in [6, 6.07) is 4.94. The molecule has 4 rings (SSSR count). The first-order chi connectivity index (χ1) is 15.4. The van der Waals surface area contributed by atoms with Gasteiger partial charge in [0.1, 0.15) is 11.6 Å². The molecule has 1 N–H and O–H groups in total. The van der Waals surface area contributed by atoms with Crippen molar-refractivity contribution in [3.63, 3.8) is 0 Å². The lowest BCUT2D eigenvalue weighted by Crippen LogP contribution is -2.23. The van der Waals surface area contributed by atoms with Crippen LogP contribution in [0.1, 0.15) is 32.8 Å². The average Bonchev–Trinajstić information content (AvgIpc) is 3.36. The molecule has 0 atom stereocenters. The summed E-state index contributed by atoms with van der Waals surface area (Å²) in [5.41, 5.74) is 2.38. The van der Waals surface area contributed by atoms with Gasteiger partial charge in [0.15, 0.2) is 6.61 Å². The smallest absolute Gasteiger partial charge is 0.272 e. The summed E-state index contributed by atoms with van der Waals surface area (Å²) in [4.78, 5) is 35.0. The van der Waals surface area contributed by atoms with Crippen LogP contribution < -0.4 is 10.1 Å². The Morgan fingerprint density at radius 1 is 1.31 bits per heavy atom. The number of pyridine rings is 2. The molecule has 0 radical (unpaired) electrons. The summed E-state index contributed by atoms with van der Waals surface area (Å²) in [6.07, 6.45) is 1.81. The first kappa shape index (κ1) is 21.3. The molecule has 3 aromatic rings. The summed E-state index contributed by atoms with van der Waals surface area (Å²) in [5, 5.41) is 6.28. The number of amides is 2. The number of nitrogens with zero attached hydrogens (tertiary/aromatic N) is 4. The molecule has 2 amide bonds. The van der Waals surface area contributed by atoms with E-state index in [9.17, 15) is 18.4 Å². The molecule has 0 bridgehead atoms. The molecule has 0 unspecified atom stereocenters. The van der Waals surface area contributed by atoms with E-state index in [2.05, 4.69) is 20.4 Å². The third-order valence-electron chi connectivity index (χ3n) is 4.81. The van der Waals surface area contributed by atoms with E-state index in [4.69, 9.17) is 9.26 Å². The summed E-state index contributed by atoms with van der Waals surface area (Å²) in [5.74, 6) is 0.312. The highest BCUT2D eigenvalue weighted by Crippen LogP contribution is 2.29. The van der Waals surface area contributed by atoms with Gasteiger partial charge in [0.2, 0.25) is 11.8 Å². The van der Waals surface area contributed by atoms with E-state index >= 15 is 0 Å². The maximum atomic E-state index is 12.9. The molecule has 9 nitrogen and oxygen atoms in total. The SMILES string of the molecule is Cc1cc(CN2Cc3c(ccnc3NC(=O)Cc3ccno3)C2=O)cnc1OCC(F)F. The Labute approximate surface area is 181 Å². The van der Waals surface area contributed by atoms with Crippen molar-refractivity contribution in [1.29, 1.82) is 0 Å². The Kier molecular flexibility index (Phi) is 6.06. The molecule has 32 heavy (non-hydrogen) atoms. The third-order valence-corrected chi connectivity index (χ3v) is 4.81. The summed E-state index contributed by atoms with van der Waals surface area (Å²) in [6.45, 7) is 1.47. The number of ether oxygens (including phenoxy) is 1. The summed E-state index contributed by atoms with van der Waals surface area (Å²) < 4.78 is 34.6. The highest BCUT2D eigenvalue weighted by atomic mass is 19.3. The number of carbonyl (C=O) groups is 2. The van der Waals surface area contributed by atoms with Crippen LogP contribution >= 0.6 is 0 Å². The van der Waals surface area contributed by atoms with Crippen LogP contribution in [0.4, 0.5) is 14.6 Å². The number of carbonyl (C=O) groups excluding carboxylic acids is 2. The normalized spacial score (nSPS) is 12.9. The van der Waals surface area contributed by atoms with E-state index in [1.54, 1.807) is 30.0 Å². The fraction of sp³-hybridized carbons (Fsp3) is 0.286. The molecule has 0 saturated heterocycles. The van der Waals surface area contributed by atoms with Crippen LogP contribution in [0.2, 0.25) is 0 Å². The van der Waals surface area contributed by atoms with E-state index in [1.807, 2.05) is 0 Å². The van der Waals surface area contributed by atoms with Gasteiger partial charge in [-0.25, -0.2) is 18.7 Å². The molecule has 0 fully saturated rings. The Morgan fingerprint density at radius 2 is 2.16 bits per heavy atom. The van der Waals surface area contributed by atoms with Crippen molar-refractivity contribution in [3.8, 4) is 5.88 Å². The van der Waals surface area contributed by atoms with Crippen LogP contribution in [-0.4, -0.2) is 44.9 Å². The van der Waals surface area contributed by atoms with E-state index in [0.717, 1.165) is 5.56 Å². The molecular formula is C21H19F2N5O4. The van der Waals surface area contributed by atoms with Gasteiger partial charge >= 0.3 is 0 Å². The molecule has 0 aromatic carbocycles. The zero-order valence-corrected chi connectivity index (χ0v) is 17.0. The number of hydrogen-bond acceptors (Lipinski definition) is 7. The van der Waals surface area contributed by atoms with Crippen LogP contribution in [-0.2, 0) is 24.3 Å². The van der Waals surface area contributed by atoms with Crippen molar-refractivity contribution >= 4 is 17.6 Å². The Bertz CT molecular complexity index is 1140. The van der Waals surface area contributed by atoms with Crippen LogP contribution in [0.15, 0.2) is 41.3 Å². The second-order valence-corrected chi connectivity index (χ2v) is 7.22. The number of rotatable bonds is 8. The fourth-order valence-electron chi connectivity index (χ4n) is 3.41. The van der Waals surface area contributed by atoms with E-state index in [1.165, 1.54) is 18.6 Å². The average molecular weight is 443 g/mol. The van der Waals surface area contributed by atoms with Crippen molar-refractivity contribution in [1.82, 2.24) is 20.0 Å². The molecule has 0 saturated carbocycles. The number of nitrogens with one attached hydrogen (secondary N) is 1. The van der Waals surface area contributed by atoms with E-state index in [0.29, 0.717) is 28.3 Å². The van der Waals surface area contributed by atoms with Gasteiger partial charge in [0.05, 0.1) is 19.2 Å². The minimum absolute atomic E-state index is 0.00602. The topological polar surface area (TPSA) is 110 Å². The van der Waals surface area contributed by atoms with Crippen LogP contribution in [0.5, 0.6) is 5.88 Å². The maximum absolute atomic E-state index is 12.9. The highest BCUT2D eigenvalue weighted by Gasteiger charge is 2.30. The number of alkyl halides is 2. The van der Waals surface area contributed by atoms with Gasteiger partial charge in [0, 0.05) is 41.7 Å². The molecule has 4 heterocycles. The number of halogens is 2. The quantitative estimate of drug-likeness (QED) is 0.570. The number of hydrogen-bond donors (Lipinski definition) is 1. The Morgan fingerprint density at radius 3 is 2.88 bits per heavy atom. The van der Waals surface area contributed by atoms with Crippen molar-refractivity contribution in [2.24, 2.45) is 0 Å². The molecule has 0 spiro atoms. The Hall–Kier alpha value is -3.89. The number of aromatic nitrogens is 3. The Balaban J connectivity index is 1.44. The van der Waals surface area contributed by atoms with Gasteiger partial charge in [-0.1, -0.05) is 5.16 Å². The number of anilines is 1. The van der Waals surface area contributed by atoms with Gasteiger partial charge in [-0.15, -0.1) is 0 Å². The van der Waals surface area contributed by atoms with Crippen molar-refractivity contribution in [3.05, 3.63) is 64.8 Å². The van der Waals surface area contributed by atoms with Crippen molar-refractivity contribution in [2.75, 3.05) is 11.9 Å². The second-order valence-electron chi connectivity index (χ2n) is 7.22. The van der Waals surface area contributed by atoms with Gasteiger partial charge in [-0.05, 0) is 24.6 Å². The van der Waals surface area contributed by atoms with Crippen LogP contribution in [0, 0.1) is 6.92 Å². The van der Waals surface area contributed by atoms with Gasteiger partial charge in [-0.3, -0.25) is 9.59 Å². The van der Waals surface area contributed by atoms with E-state index < -0.39 is 13.0 Å². The number of aryl methyl sites for hydroxylation is 1. The van der Waals surface area contributed by atoms with Gasteiger partial charge in [0.25, 0.3) is 12.3 Å². The summed E-state index contributed by atoms with van der Waals surface area (Å²) >= 11 is 0. The molecule has 166 valence electrons. The first-order valence-corrected chi connectivity index (χ1v) is 9.73. The first-order valence-electron chi connectivity index (χ1n) is 9.73. The lowest BCUT2D eigenvalue weighted by molar-refractivity contribution is -0.115. The fourth-order valence-corrected chi connectivity index (χ4v) is 3.41. The lowest BCUT2D eigenvalue weighted by Gasteiger charge is -2.16. The maximum Gasteiger partial charge on any atom is 0.272 e. The van der Waals surface area contributed by atoms with Gasteiger partial charge < -0.3 is 19.5 Å². The van der Waals surface area contributed by atoms with Crippen LogP contribution in [0.25, 0.3) is 0 Å². The largest absolute Gasteiger partial charge is 0.471 e. The molecule has 0 aliphatic carbocycles. The minimum atomic E-state index is -2.59. The third kappa shape index (κ3) is 4.71.